The van der Waals surface area contributed by atoms with Crippen LogP contribution in [0.5, 0.6) is 0 Å². The van der Waals surface area contributed by atoms with Gasteiger partial charge in [0.15, 0.2) is 0 Å². The first-order valence-electron chi connectivity index (χ1n) is 5.32. The van der Waals surface area contributed by atoms with Crippen molar-refractivity contribution >= 4 is 5.82 Å². The number of nitrogen functional groups attached to an aromatic ring is 1. The summed E-state index contributed by atoms with van der Waals surface area (Å²) in [7, 11) is 0. The monoisotopic (exact) mass is 228 g/mol. The Balaban J connectivity index is 2.54. The summed E-state index contributed by atoms with van der Waals surface area (Å²) in [6.45, 7) is 2.02. The van der Waals surface area contributed by atoms with Crippen LogP contribution in [0.25, 0.3) is 5.95 Å². The molecule has 0 saturated heterocycles. The van der Waals surface area contributed by atoms with Crippen LogP contribution in [-0.4, -0.2) is 19.7 Å². The Kier molecular flexibility index (Phi) is 3.01. The molecule has 0 aromatic carbocycles. The number of anilines is 1. The Morgan fingerprint density at radius 1 is 1.41 bits per heavy atom. The molecule has 2 aromatic rings. The topological polar surface area (TPSA) is 93.4 Å². The zero-order valence-corrected chi connectivity index (χ0v) is 9.46. The van der Waals surface area contributed by atoms with Crippen LogP contribution in [0.2, 0.25) is 0 Å². The molecule has 0 unspecified atom stereocenters. The second kappa shape index (κ2) is 4.61. The third kappa shape index (κ3) is 1.95. The summed E-state index contributed by atoms with van der Waals surface area (Å²) in [5, 5.41) is 13.3. The van der Waals surface area contributed by atoms with Gasteiger partial charge >= 0.3 is 0 Å². The molecule has 0 radical (unpaired) electrons. The largest absolute Gasteiger partial charge is 0.382 e. The van der Waals surface area contributed by atoms with E-state index in [1.807, 2.05) is 6.92 Å². The maximum Gasteiger partial charge on any atom is 0.252 e. The Hall–Kier alpha value is -2.42. The fourth-order valence-corrected chi connectivity index (χ4v) is 1.56. The predicted molar refractivity (Wildman–Crippen MR) is 62.3 cm³/mol. The maximum atomic E-state index is 9.06. The lowest BCUT2D eigenvalue weighted by Crippen LogP contribution is -2.06. The Labute approximate surface area is 98.7 Å². The minimum Gasteiger partial charge on any atom is -0.382 e. The number of hydrogen-bond donors (Lipinski definition) is 1. The number of nitriles is 1. The molecule has 0 amide bonds. The fraction of sp³-hybridized carbons (Fsp3) is 0.273. The first-order chi connectivity index (χ1) is 8.27. The molecule has 6 heteroatoms. The summed E-state index contributed by atoms with van der Waals surface area (Å²) >= 11 is 0. The SMILES string of the molecule is CCCc1nn(-c2ncccn2)c(N)c1C#N. The summed E-state index contributed by atoms with van der Waals surface area (Å²) in [4.78, 5) is 8.12. The zero-order valence-electron chi connectivity index (χ0n) is 9.46. The van der Waals surface area contributed by atoms with Gasteiger partial charge in [-0.2, -0.15) is 15.0 Å². The second-order valence-electron chi connectivity index (χ2n) is 3.53. The highest BCUT2D eigenvalue weighted by atomic mass is 15.4. The van der Waals surface area contributed by atoms with Crippen molar-refractivity contribution in [1.82, 2.24) is 19.7 Å². The van der Waals surface area contributed by atoms with Gasteiger partial charge in [-0.15, -0.1) is 0 Å². The molecule has 0 spiro atoms. The Morgan fingerprint density at radius 2 is 2.12 bits per heavy atom. The molecule has 17 heavy (non-hydrogen) atoms. The van der Waals surface area contributed by atoms with Gasteiger partial charge in [0.05, 0.1) is 5.69 Å². The standard InChI is InChI=1S/C11H12N6/c1-2-4-9-8(7-12)10(13)17(16-9)11-14-5-3-6-15-11/h3,5-6H,2,4,13H2,1H3. The van der Waals surface area contributed by atoms with Gasteiger partial charge in [-0.3, -0.25) is 0 Å². The fourth-order valence-electron chi connectivity index (χ4n) is 1.56. The highest BCUT2D eigenvalue weighted by Gasteiger charge is 2.16. The van der Waals surface area contributed by atoms with Crippen molar-refractivity contribution in [3.05, 3.63) is 29.7 Å². The average molecular weight is 228 g/mol. The molecule has 0 fully saturated rings. The van der Waals surface area contributed by atoms with E-state index < -0.39 is 0 Å². The van der Waals surface area contributed by atoms with Gasteiger partial charge in [0.25, 0.3) is 5.95 Å². The van der Waals surface area contributed by atoms with Crippen molar-refractivity contribution in [3.63, 3.8) is 0 Å². The van der Waals surface area contributed by atoms with Crippen molar-refractivity contribution in [2.45, 2.75) is 19.8 Å². The van der Waals surface area contributed by atoms with Gasteiger partial charge in [-0.05, 0) is 12.5 Å². The molecular weight excluding hydrogens is 216 g/mol. The predicted octanol–water partition coefficient (Wildman–Crippen LogP) is 1.07. The first kappa shape index (κ1) is 11.1. The zero-order chi connectivity index (χ0) is 12.3. The van der Waals surface area contributed by atoms with Gasteiger partial charge < -0.3 is 5.73 Å². The third-order valence-corrected chi connectivity index (χ3v) is 2.33. The number of nitrogens with zero attached hydrogens (tertiary/aromatic N) is 5. The molecule has 2 aromatic heterocycles. The highest BCUT2D eigenvalue weighted by Crippen LogP contribution is 2.19. The lowest BCUT2D eigenvalue weighted by molar-refractivity contribution is 0.773. The van der Waals surface area contributed by atoms with E-state index in [0.29, 0.717) is 29.4 Å². The molecule has 0 bridgehead atoms. The Bertz CT molecular complexity index is 551. The summed E-state index contributed by atoms with van der Waals surface area (Å²) in [5.74, 6) is 0.672. The number of nitrogens with two attached hydrogens (primary N) is 1. The smallest absolute Gasteiger partial charge is 0.252 e. The van der Waals surface area contributed by atoms with Crippen LogP contribution in [0.1, 0.15) is 24.6 Å². The molecule has 0 atom stereocenters. The molecule has 0 aliphatic heterocycles. The highest BCUT2D eigenvalue weighted by molar-refractivity contribution is 5.54. The molecule has 0 aliphatic rings. The molecule has 0 aliphatic carbocycles. The van der Waals surface area contributed by atoms with Gasteiger partial charge in [0, 0.05) is 12.4 Å². The average Bonchev–Trinajstić information content (AvgIpc) is 2.67. The van der Waals surface area contributed by atoms with Gasteiger partial charge in [-0.1, -0.05) is 13.3 Å². The van der Waals surface area contributed by atoms with E-state index in [1.54, 1.807) is 18.5 Å². The van der Waals surface area contributed by atoms with Crippen molar-refractivity contribution in [2.75, 3.05) is 5.73 Å². The van der Waals surface area contributed by atoms with Crippen LogP contribution in [0, 0.1) is 11.3 Å². The van der Waals surface area contributed by atoms with E-state index in [2.05, 4.69) is 21.1 Å². The summed E-state index contributed by atoms with van der Waals surface area (Å²) in [6.07, 6.45) is 4.83. The number of hydrogen-bond acceptors (Lipinski definition) is 5. The summed E-state index contributed by atoms with van der Waals surface area (Å²) < 4.78 is 1.41. The molecule has 2 N–H and O–H groups in total. The lowest BCUT2D eigenvalue weighted by atomic mass is 10.2. The minimum atomic E-state index is 0.294. The molecule has 2 heterocycles. The van der Waals surface area contributed by atoms with Crippen LogP contribution in [0.3, 0.4) is 0 Å². The van der Waals surface area contributed by atoms with Crippen molar-refractivity contribution in [3.8, 4) is 12.0 Å². The van der Waals surface area contributed by atoms with Crippen molar-refractivity contribution in [1.29, 1.82) is 5.26 Å². The number of rotatable bonds is 3. The van der Waals surface area contributed by atoms with Crippen LogP contribution < -0.4 is 5.73 Å². The van der Waals surface area contributed by atoms with Gasteiger partial charge in [-0.25, -0.2) is 9.97 Å². The molecule has 86 valence electrons. The van der Waals surface area contributed by atoms with Crippen molar-refractivity contribution in [2.24, 2.45) is 0 Å². The van der Waals surface area contributed by atoms with Gasteiger partial charge in [0.1, 0.15) is 17.5 Å². The van der Waals surface area contributed by atoms with Crippen LogP contribution >= 0.6 is 0 Å². The quantitative estimate of drug-likeness (QED) is 0.848. The van der Waals surface area contributed by atoms with E-state index in [9.17, 15) is 0 Å². The third-order valence-electron chi connectivity index (χ3n) is 2.33. The Morgan fingerprint density at radius 3 is 2.71 bits per heavy atom. The molecule has 2 rings (SSSR count). The van der Waals surface area contributed by atoms with E-state index >= 15 is 0 Å². The van der Waals surface area contributed by atoms with Crippen LogP contribution in [0.4, 0.5) is 5.82 Å². The summed E-state index contributed by atoms with van der Waals surface area (Å²) in [5.41, 5.74) is 6.99. The maximum absolute atomic E-state index is 9.06. The molecule has 6 nitrogen and oxygen atoms in total. The second-order valence-corrected chi connectivity index (χ2v) is 3.53. The summed E-state index contributed by atoms with van der Waals surface area (Å²) in [6, 6.07) is 3.78. The molecule has 0 saturated carbocycles. The van der Waals surface area contributed by atoms with Crippen molar-refractivity contribution < 1.29 is 0 Å². The minimum absolute atomic E-state index is 0.294. The van der Waals surface area contributed by atoms with Crippen LogP contribution in [-0.2, 0) is 6.42 Å². The number of aromatic nitrogens is 4. The normalized spacial score (nSPS) is 10.1. The van der Waals surface area contributed by atoms with E-state index in [0.717, 1.165) is 6.42 Å². The van der Waals surface area contributed by atoms with E-state index in [-0.39, 0.29) is 0 Å². The van der Waals surface area contributed by atoms with Gasteiger partial charge in [0.2, 0.25) is 0 Å². The lowest BCUT2D eigenvalue weighted by Gasteiger charge is -1.99. The number of aryl methyl sites for hydroxylation is 1. The van der Waals surface area contributed by atoms with E-state index in [4.69, 9.17) is 11.0 Å². The van der Waals surface area contributed by atoms with E-state index in [1.165, 1.54) is 4.68 Å². The first-order valence-corrected chi connectivity index (χ1v) is 5.32. The molecular formula is C11H12N6. The van der Waals surface area contributed by atoms with Crippen LogP contribution in [0.15, 0.2) is 18.5 Å².